The molecular formula is C28H32N6O2S. The first-order chi connectivity index (χ1) is 17.9. The fraction of sp³-hybridized carbons (Fsp3) is 0.321. The van der Waals surface area contributed by atoms with Gasteiger partial charge in [-0.25, -0.2) is 14.8 Å². The lowest BCUT2D eigenvalue weighted by Gasteiger charge is -2.34. The van der Waals surface area contributed by atoms with Crippen LogP contribution in [0.4, 0.5) is 11.6 Å². The molecule has 1 aromatic heterocycles. The molecule has 9 heteroatoms. The van der Waals surface area contributed by atoms with Crippen LogP contribution in [-0.2, 0) is 11.2 Å². The highest BCUT2D eigenvalue weighted by molar-refractivity contribution is 7.80. The van der Waals surface area contributed by atoms with E-state index in [-0.39, 0.29) is 5.97 Å². The topological polar surface area (TPSA) is 91.7 Å². The van der Waals surface area contributed by atoms with Crippen molar-refractivity contribution in [2.75, 3.05) is 30.8 Å². The molecule has 1 fully saturated rings. The predicted molar refractivity (Wildman–Crippen MR) is 151 cm³/mol. The largest absolute Gasteiger partial charge is 0.465 e. The third-order valence-electron chi connectivity index (χ3n) is 6.25. The average Bonchev–Trinajstić information content (AvgIpc) is 2.89. The monoisotopic (exact) mass is 516 g/mol. The number of guanidine groups is 1. The maximum atomic E-state index is 11.7. The molecule has 2 aromatic carbocycles. The molecule has 0 unspecified atom stereocenters. The first-order valence-corrected chi connectivity index (χ1v) is 12.8. The van der Waals surface area contributed by atoms with E-state index in [1.165, 1.54) is 12.7 Å². The number of benzene rings is 2. The Morgan fingerprint density at radius 3 is 2.30 bits per heavy atom. The second-order valence-corrected chi connectivity index (χ2v) is 9.54. The minimum Gasteiger partial charge on any atom is -0.465 e. The van der Waals surface area contributed by atoms with Crippen molar-refractivity contribution in [1.82, 2.24) is 14.9 Å². The van der Waals surface area contributed by atoms with E-state index in [2.05, 4.69) is 55.8 Å². The van der Waals surface area contributed by atoms with E-state index in [9.17, 15) is 4.79 Å². The highest BCUT2D eigenvalue weighted by Gasteiger charge is 2.23. The van der Waals surface area contributed by atoms with Crippen LogP contribution in [0.1, 0.15) is 40.2 Å². The van der Waals surface area contributed by atoms with Crippen molar-refractivity contribution in [3.05, 3.63) is 83.2 Å². The minimum atomic E-state index is -0.386. The molecule has 0 radical (unpaired) electrons. The van der Waals surface area contributed by atoms with Crippen LogP contribution in [-0.4, -0.2) is 52.1 Å². The average molecular weight is 517 g/mol. The van der Waals surface area contributed by atoms with Crippen molar-refractivity contribution in [2.24, 2.45) is 10.9 Å². The summed E-state index contributed by atoms with van der Waals surface area (Å²) in [4.78, 5) is 27.7. The first kappa shape index (κ1) is 26.2. The number of nitrogens with zero attached hydrogens (tertiary/aromatic N) is 4. The Balaban J connectivity index is 1.47. The number of carbonyl (C=O) groups is 1. The Labute approximate surface area is 223 Å². The molecule has 3 aromatic rings. The lowest BCUT2D eigenvalue weighted by molar-refractivity contribution is 0.0601. The summed E-state index contributed by atoms with van der Waals surface area (Å²) >= 11 is 5.57. The molecule has 192 valence electrons. The Morgan fingerprint density at radius 2 is 1.68 bits per heavy atom. The fourth-order valence-corrected chi connectivity index (χ4v) is 4.62. The fourth-order valence-electron chi connectivity index (χ4n) is 4.41. The highest BCUT2D eigenvalue weighted by Crippen LogP contribution is 2.22. The molecule has 0 saturated carbocycles. The second-order valence-electron chi connectivity index (χ2n) is 9.15. The maximum Gasteiger partial charge on any atom is 0.337 e. The predicted octanol–water partition coefficient (Wildman–Crippen LogP) is 5.00. The van der Waals surface area contributed by atoms with Gasteiger partial charge in [0.2, 0.25) is 17.0 Å². The van der Waals surface area contributed by atoms with Gasteiger partial charge in [-0.3, -0.25) is 5.32 Å². The van der Waals surface area contributed by atoms with E-state index < -0.39 is 0 Å². The molecule has 4 rings (SSSR count). The molecule has 8 nitrogen and oxygen atoms in total. The van der Waals surface area contributed by atoms with Crippen LogP contribution >= 0.6 is 12.2 Å². The number of carbonyl (C=O) groups excluding carboxylic acids is 1. The zero-order valence-corrected chi connectivity index (χ0v) is 22.2. The van der Waals surface area contributed by atoms with Crippen molar-refractivity contribution in [2.45, 2.75) is 33.1 Å². The quantitative estimate of drug-likeness (QED) is 0.212. The summed E-state index contributed by atoms with van der Waals surface area (Å²) in [6.45, 7) is 5.58. The van der Waals surface area contributed by atoms with E-state index in [1.54, 1.807) is 24.3 Å². The van der Waals surface area contributed by atoms with Gasteiger partial charge in [-0.2, -0.15) is 4.99 Å². The van der Waals surface area contributed by atoms with E-state index in [0.29, 0.717) is 28.5 Å². The Morgan fingerprint density at radius 1 is 1.03 bits per heavy atom. The van der Waals surface area contributed by atoms with Crippen molar-refractivity contribution in [3.8, 4) is 0 Å². The van der Waals surface area contributed by atoms with Gasteiger partial charge in [0.15, 0.2) is 0 Å². The molecule has 37 heavy (non-hydrogen) atoms. The number of hydrogen-bond acceptors (Lipinski definition) is 5. The molecular weight excluding hydrogens is 484 g/mol. The molecule has 0 spiro atoms. The van der Waals surface area contributed by atoms with Crippen LogP contribution in [0.25, 0.3) is 0 Å². The van der Waals surface area contributed by atoms with Crippen LogP contribution in [0.5, 0.6) is 0 Å². The molecule has 1 saturated heterocycles. The molecule has 0 bridgehead atoms. The number of nitrogens with one attached hydrogen (secondary N) is 2. The Kier molecular flexibility index (Phi) is 8.79. The summed E-state index contributed by atoms with van der Waals surface area (Å²) < 4.78 is 4.76. The number of thiocarbonyl (C=S) groups is 1. The lowest BCUT2D eigenvalue weighted by atomic mass is 9.90. The summed E-state index contributed by atoms with van der Waals surface area (Å²) in [6.07, 6.45) is 3.19. The number of methoxy groups -OCH3 is 1. The van der Waals surface area contributed by atoms with Gasteiger partial charge < -0.3 is 15.0 Å². The molecule has 0 amide bonds. The van der Waals surface area contributed by atoms with Crippen molar-refractivity contribution in [3.63, 3.8) is 0 Å². The smallest absolute Gasteiger partial charge is 0.337 e. The van der Waals surface area contributed by atoms with Gasteiger partial charge >= 0.3 is 5.97 Å². The number of hydrogen-bond donors (Lipinski definition) is 2. The minimum absolute atomic E-state index is 0.295. The van der Waals surface area contributed by atoms with Gasteiger partial charge in [0.05, 0.1) is 12.7 Å². The number of anilines is 2. The molecule has 1 aliphatic rings. The van der Waals surface area contributed by atoms with E-state index in [1.807, 2.05) is 19.9 Å². The molecule has 2 heterocycles. The molecule has 1 aliphatic heterocycles. The van der Waals surface area contributed by atoms with E-state index in [0.717, 1.165) is 49.4 Å². The number of rotatable bonds is 5. The van der Waals surface area contributed by atoms with Gasteiger partial charge in [-0.15, -0.1) is 0 Å². The summed E-state index contributed by atoms with van der Waals surface area (Å²) in [5.74, 6) is 1.35. The zero-order valence-electron chi connectivity index (χ0n) is 21.4. The summed E-state index contributed by atoms with van der Waals surface area (Å²) in [5.41, 5.74) is 4.32. The second kappa shape index (κ2) is 12.4. The number of piperidine rings is 1. The summed E-state index contributed by atoms with van der Waals surface area (Å²) in [7, 11) is 1.36. The van der Waals surface area contributed by atoms with Crippen LogP contribution in [0.15, 0.2) is 65.7 Å². The third kappa shape index (κ3) is 7.57. The Hall–Kier alpha value is -3.85. The van der Waals surface area contributed by atoms with Gasteiger partial charge in [0, 0.05) is 30.2 Å². The van der Waals surface area contributed by atoms with E-state index >= 15 is 0 Å². The number of likely N-dealkylation sites (tertiary alicyclic amines) is 1. The molecule has 0 atom stereocenters. The zero-order chi connectivity index (χ0) is 26.2. The lowest BCUT2D eigenvalue weighted by Crippen LogP contribution is -2.43. The van der Waals surface area contributed by atoms with Crippen LogP contribution < -0.4 is 10.6 Å². The van der Waals surface area contributed by atoms with Crippen LogP contribution in [0.2, 0.25) is 0 Å². The van der Waals surface area contributed by atoms with Crippen LogP contribution in [0, 0.1) is 19.8 Å². The van der Waals surface area contributed by atoms with Gasteiger partial charge in [0.25, 0.3) is 0 Å². The van der Waals surface area contributed by atoms with Crippen molar-refractivity contribution in [1.29, 1.82) is 0 Å². The maximum absolute atomic E-state index is 11.7. The normalized spacial score (nSPS) is 14.2. The van der Waals surface area contributed by atoms with Crippen molar-refractivity contribution >= 4 is 40.9 Å². The molecule has 0 aliphatic carbocycles. The number of ether oxygens (including phenoxy) is 1. The number of aryl methyl sites for hydroxylation is 2. The summed E-state index contributed by atoms with van der Waals surface area (Å²) in [5, 5.41) is 6.73. The Bertz CT molecular complexity index is 1240. The summed E-state index contributed by atoms with van der Waals surface area (Å²) in [6, 6.07) is 19.5. The first-order valence-electron chi connectivity index (χ1n) is 12.4. The standard InChI is InChI=1S/C28H32N6O2S/c1-19-17-20(2)30-26(29-19)32-27(33-28(37)31-24-11-9-23(10-12-24)25(35)36-3)34-15-13-22(14-16-34)18-21-7-5-4-6-8-21/h4-12,17,22H,13-16,18H2,1-3H3,(H2,29,30,31,32,33,37). The van der Waals surface area contributed by atoms with Gasteiger partial charge in [-0.05, 0) is 87.1 Å². The highest BCUT2D eigenvalue weighted by atomic mass is 32.1. The van der Waals surface area contributed by atoms with Gasteiger partial charge in [-0.1, -0.05) is 30.3 Å². The van der Waals surface area contributed by atoms with Crippen LogP contribution in [0.3, 0.4) is 0 Å². The molecule has 2 N–H and O–H groups in total. The SMILES string of the molecule is COC(=O)c1ccc(NC(=S)/N=C(/Nc2nc(C)cc(C)n2)N2CCC(Cc3ccccc3)CC2)cc1. The van der Waals surface area contributed by atoms with Gasteiger partial charge in [0.1, 0.15) is 0 Å². The number of aliphatic imine (C=N–C) groups is 1. The van der Waals surface area contributed by atoms with E-state index in [4.69, 9.17) is 21.9 Å². The third-order valence-corrected chi connectivity index (χ3v) is 6.45. The van der Waals surface area contributed by atoms with Crippen molar-refractivity contribution < 1.29 is 9.53 Å². The number of aromatic nitrogens is 2. The number of esters is 1.